The van der Waals surface area contributed by atoms with Crippen molar-refractivity contribution in [3.8, 4) is 0 Å². The van der Waals surface area contributed by atoms with E-state index < -0.39 is 16.0 Å². The molecule has 0 amide bonds. The van der Waals surface area contributed by atoms with Gasteiger partial charge in [-0.1, -0.05) is 24.9 Å². The molecule has 0 radical (unpaired) electrons. The predicted octanol–water partition coefficient (Wildman–Crippen LogP) is 1.17. The Hall–Kier alpha value is 0.160. The van der Waals surface area contributed by atoms with E-state index in [1.54, 1.807) is 0 Å². The first-order valence-corrected chi connectivity index (χ1v) is 4.55. The van der Waals surface area contributed by atoms with E-state index in [1.807, 2.05) is 6.92 Å². The molecule has 10 heavy (non-hydrogen) atoms. The Bertz CT molecular complexity index is 176. The lowest BCUT2D eigenvalue weighted by molar-refractivity contribution is 0.235. The topological polar surface area (TPSA) is 63.6 Å². The maximum absolute atomic E-state index is 9.97. The van der Waals surface area contributed by atoms with Crippen molar-refractivity contribution in [1.82, 2.24) is 0 Å². The fraction of sp³-hybridized carbons (Fsp3) is 1.00. The molecule has 0 saturated heterocycles. The Kier molecular flexibility index (Phi) is 4.19. The Morgan fingerprint density at radius 3 is 2.50 bits per heavy atom. The van der Waals surface area contributed by atoms with Crippen LogP contribution in [0.5, 0.6) is 0 Å². The average molecular weight is 189 g/mol. The summed E-state index contributed by atoms with van der Waals surface area (Å²) >= 11 is 5.30. The van der Waals surface area contributed by atoms with Gasteiger partial charge in [0.25, 0.3) is 0 Å². The van der Waals surface area contributed by atoms with Gasteiger partial charge in [0.15, 0.2) is 5.56 Å². The van der Waals surface area contributed by atoms with E-state index in [4.69, 9.17) is 16.2 Å². The Morgan fingerprint density at radius 2 is 2.20 bits per heavy atom. The first-order chi connectivity index (χ1) is 4.45. The molecule has 0 spiro atoms. The molecule has 62 valence electrons. The van der Waals surface area contributed by atoms with Crippen molar-refractivity contribution in [3.63, 3.8) is 0 Å². The molecule has 0 bridgehead atoms. The lowest BCUT2D eigenvalue weighted by Gasteiger charge is -2.04. The SMILES string of the molecule is CCCC(Cl)OS(=O)(=O)O. The van der Waals surface area contributed by atoms with Crippen LogP contribution in [-0.2, 0) is 14.6 Å². The number of rotatable bonds is 4. The molecule has 0 aliphatic rings. The van der Waals surface area contributed by atoms with E-state index in [-0.39, 0.29) is 0 Å². The van der Waals surface area contributed by atoms with Crippen LogP contribution in [0.3, 0.4) is 0 Å². The molecule has 1 atom stereocenters. The molecule has 1 unspecified atom stereocenters. The van der Waals surface area contributed by atoms with E-state index in [1.165, 1.54) is 0 Å². The van der Waals surface area contributed by atoms with Gasteiger partial charge in [-0.25, -0.2) is 4.18 Å². The van der Waals surface area contributed by atoms with Crippen LogP contribution in [0.4, 0.5) is 0 Å². The highest BCUT2D eigenvalue weighted by molar-refractivity contribution is 7.80. The highest BCUT2D eigenvalue weighted by Gasteiger charge is 2.12. The third kappa shape index (κ3) is 6.28. The summed E-state index contributed by atoms with van der Waals surface area (Å²) < 4.78 is 32.0. The Morgan fingerprint density at radius 1 is 1.70 bits per heavy atom. The van der Waals surface area contributed by atoms with Gasteiger partial charge in [-0.05, 0) is 6.42 Å². The van der Waals surface area contributed by atoms with E-state index in [9.17, 15) is 8.42 Å². The summed E-state index contributed by atoms with van der Waals surface area (Å²) in [5.41, 5.74) is -0.958. The Balaban J connectivity index is 3.69. The molecule has 0 aromatic heterocycles. The second kappa shape index (κ2) is 4.12. The van der Waals surface area contributed by atoms with Crippen molar-refractivity contribution in [2.45, 2.75) is 25.3 Å². The van der Waals surface area contributed by atoms with Gasteiger partial charge in [-0.2, -0.15) is 8.42 Å². The van der Waals surface area contributed by atoms with Crippen molar-refractivity contribution in [1.29, 1.82) is 0 Å². The van der Waals surface area contributed by atoms with Gasteiger partial charge in [0.1, 0.15) is 0 Å². The van der Waals surface area contributed by atoms with Crippen LogP contribution in [0.15, 0.2) is 0 Å². The molecular weight excluding hydrogens is 180 g/mol. The van der Waals surface area contributed by atoms with E-state index in [0.29, 0.717) is 12.8 Å². The second-order valence-corrected chi connectivity index (χ2v) is 3.26. The van der Waals surface area contributed by atoms with Crippen molar-refractivity contribution in [3.05, 3.63) is 0 Å². The highest BCUT2D eigenvalue weighted by atomic mass is 35.5. The smallest absolute Gasteiger partial charge is 0.263 e. The summed E-state index contributed by atoms with van der Waals surface area (Å²) in [6.07, 6.45) is 1.09. The third-order valence-corrected chi connectivity index (χ3v) is 1.63. The van der Waals surface area contributed by atoms with E-state index in [2.05, 4.69) is 4.18 Å². The lowest BCUT2D eigenvalue weighted by Crippen LogP contribution is -2.11. The minimum atomic E-state index is -4.38. The van der Waals surface area contributed by atoms with Gasteiger partial charge < -0.3 is 0 Å². The molecule has 1 N–H and O–H groups in total. The molecule has 6 heteroatoms. The number of halogens is 1. The van der Waals surface area contributed by atoms with Crippen molar-refractivity contribution in [2.24, 2.45) is 0 Å². The largest absolute Gasteiger partial charge is 0.398 e. The molecule has 0 fully saturated rings. The van der Waals surface area contributed by atoms with E-state index in [0.717, 1.165) is 0 Å². The summed E-state index contributed by atoms with van der Waals surface area (Å²) in [7, 11) is -4.38. The standard InChI is InChI=1S/C4H9ClO4S/c1-2-3-4(5)9-10(6,7)8/h4H,2-3H2,1H3,(H,6,7,8). The van der Waals surface area contributed by atoms with Gasteiger partial charge in [0.05, 0.1) is 0 Å². The zero-order chi connectivity index (χ0) is 8.20. The minimum Gasteiger partial charge on any atom is -0.263 e. The van der Waals surface area contributed by atoms with Crippen LogP contribution in [0.2, 0.25) is 0 Å². The maximum atomic E-state index is 9.97. The predicted molar refractivity (Wildman–Crippen MR) is 37.2 cm³/mol. The maximum Gasteiger partial charge on any atom is 0.398 e. The molecule has 0 aliphatic heterocycles. The minimum absolute atomic E-state index is 0.390. The van der Waals surface area contributed by atoms with Crippen LogP contribution in [-0.4, -0.2) is 18.5 Å². The van der Waals surface area contributed by atoms with Gasteiger partial charge in [-0.15, -0.1) is 0 Å². The fourth-order valence-corrected chi connectivity index (χ4v) is 1.26. The first kappa shape index (κ1) is 10.2. The summed E-state index contributed by atoms with van der Waals surface area (Å²) in [5, 5.41) is 0. The number of alkyl halides is 1. The normalized spacial score (nSPS) is 15.1. The van der Waals surface area contributed by atoms with Gasteiger partial charge in [-0.3, -0.25) is 4.55 Å². The van der Waals surface area contributed by atoms with Crippen molar-refractivity contribution < 1.29 is 17.2 Å². The van der Waals surface area contributed by atoms with Crippen LogP contribution in [0.25, 0.3) is 0 Å². The molecule has 0 heterocycles. The zero-order valence-electron chi connectivity index (χ0n) is 5.45. The molecule has 0 aliphatic carbocycles. The summed E-state index contributed by atoms with van der Waals surface area (Å²) in [5.74, 6) is 0. The molecule has 0 aromatic rings. The van der Waals surface area contributed by atoms with Crippen LogP contribution in [0, 0.1) is 0 Å². The highest BCUT2D eigenvalue weighted by Crippen LogP contribution is 2.08. The third-order valence-electron chi connectivity index (χ3n) is 0.742. The van der Waals surface area contributed by atoms with Crippen LogP contribution in [0.1, 0.15) is 19.8 Å². The quantitative estimate of drug-likeness (QED) is 0.532. The van der Waals surface area contributed by atoms with Gasteiger partial charge in [0, 0.05) is 0 Å². The summed E-state index contributed by atoms with van der Waals surface area (Å²) in [4.78, 5) is 0. The molecule has 4 nitrogen and oxygen atoms in total. The van der Waals surface area contributed by atoms with Crippen molar-refractivity contribution >= 4 is 22.0 Å². The monoisotopic (exact) mass is 188 g/mol. The van der Waals surface area contributed by atoms with Gasteiger partial charge in [0.2, 0.25) is 0 Å². The second-order valence-electron chi connectivity index (χ2n) is 1.72. The average Bonchev–Trinajstić information content (AvgIpc) is 1.59. The zero-order valence-corrected chi connectivity index (χ0v) is 7.02. The van der Waals surface area contributed by atoms with Crippen LogP contribution >= 0.6 is 11.6 Å². The number of hydrogen-bond acceptors (Lipinski definition) is 3. The van der Waals surface area contributed by atoms with Crippen molar-refractivity contribution in [2.75, 3.05) is 0 Å². The van der Waals surface area contributed by atoms with E-state index >= 15 is 0 Å². The summed E-state index contributed by atoms with van der Waals surface area (Å²) in [6, 6.07) is 0. The molecule has 0 rings (SSSR count). The Labute approximate surface area is 65.1 Å². The number of hydrogen-bond donors (Lipinski definition) is 1. The first-order valence-electron chi connectivity index (χ1n) is 2.75. The van der Waals surface area contributed by atoms with Crippen LogP contribution < -0.4 is 0 Å². The lowest BCUT2D eigenvalue weighted by atomic mass is 10.4. The fourth-order valence-electron chi connectivity index (χ4n) is 0.407. The molecular formula is C4H9ClO4S. The molecule has 0 aromatic carbocycles. The van der Waals surface area contributed by atoms with Gasteiger partial charge >= 0.3 is 10.4 Å². The summed E-state index contributed by atoms with van der Waals surface area (Å²) in [6.45, 7) is 1.82. The molecule has 0 saturated carbocycles.